The van der Waals surface area contributed by atoms with Gasteiger partial charge in [0.1, 0.15) is 17.1 Å². The second-order valence-corrected chi connectivity index (χ2v) is 7.67. The van der Waals surface area contributed by atoms with E-state index in [9.17, 15) is 19.1 Å². The number of carbonyl (C=O) groups is 1. The summed E-state index contributed by atoms with van der Waals surface area (Å²) in [4.78, 5) is 27.9. The van der Waals surface area contributed by atoms with Crippen LogP contribution in [0.25, 0.3) is 10.9 Å². The lowest BCUT2D eigenvalue weighted by molar-refractivity contribution is 0.0695. The van der Waals surface area contributed by atoms with E-state index >= 15 is 4.39 Å². The van der Waals surface area contributed by atoms with Gasteiger partial charge in [0.2, 0.25) is 5.43 Å². The van der Waals surface area contributed by atoms with Crippen molar-refractivity contribution >= 4 is 22.6 Å². The highest BCUT2D eigenvalue weighted by Gasteiger charge is 2.36. The van der Waals surface area contributed by atoms with Gasteiger partial charge in [0, 0.05) is 37.9 Å². The quantitative estimate of drug-likeness (QED) is 0.872. The zero-order valence-electron chi connectivity index (χ0n) is 15.9. The number of benzene rings is 1. The van der Waals surface area contributed by atoms with E-state index in [1.807, 2.05) is 0 Å². The Labute approximate surface area is 161 Å². The topological polar surface area (TPSA) is 65.8 Å². The van der Waals surface area contributed by atoms with Gasteiger partial charge in [-0.1, -0.05) is 0 Å². The van der Waals surface area contributed by atoms with Crippen molar-refractivity contribution in [2.24, 2.45) is 0 Å². The largest absolute Gasteiger partial charge is 0.477 e. The van der Waals surface area contributed by atoms with Crippen LogP contribution in [-0.2, 0) is 6.54 Å². The molecule has 150 valence electrons. The molecule has 2 bridgehead atoms. The summed E-state index contributed by atoms with van der Waals surface area (Å²) in [6, 6.07) is 1.65. The minimum atomic E-state index is -1.41. The standard InChI is InChI=1S/C20H23F2N3O3/c1-3-24-10-14(20(27)28)19(26)13-8-15(21)18(16(22)17(13)24)25-7-6-11-4-5-12(9-25)23(11)2/h8,10-12H,3-7,9H2,1-2H3,(H,27,28)/t11-,12?/m1/s1. The van der Waals surface area contributed by atoms with E-state index < -0.39 is 28.6 Å². The number of halogens is 2. The molecule has 2 atom stereocenters. The SMILES string of the molecule is CCn1cc(C(=O)O)c(=O)c2cc(F)c(N3CC[C@H]4CCC(C3)N4C)c(F)c21. The molecule has 0 spiro atoms. The van der Waals surface area contributed by atoms with Crippen LogP contribution in [0.3, 0.4) is 0 Å². The fraction of sp³-hybridized carbons (Fsp3) is 0.500. The van der Waals surface area contributed by atoms with Gasteiger partial charge in [-0.3, -0.25) is 9.69 Å². The summed E-state index contributed by atoms with van der Waals surface area (Å²) in [6.45, 7) is 3.04. The lowest BCUT2D eigenvalue weighted by atomic mass is 10.1. The summed E-state index contributed by atoms with van der Waals surface area (Å²) < 4.78 is 31.9. The number of carboxylic acids is 1. The van der Waals surface area contributed by atoms with Crippen LogP contribution in [0.15, 0.2) is 17.1 Å². The smallest absolute Gasteiger partial charge is 0.341 e. The lowest BCUT2D eigenvalue weighted by Crippen LogP contribution is -2.37. The second kappa shape index (κ2) is 6.84. The highest BCUT2D eigenvalue weighted by molar-refractivity contribution is 5.93. The Hall–Kier alpha value is -2.48. The van der Waals surface area contributed by atoms with Gasteiger partial charge in [-0.05, 0) is 39.3 Å². The van der Waals surface area contributed by atoms with Crippen LogP contribution in [-0.4, -0.2) is 52.8 Å². The van der Waals surface area contributed by atoms with E-state index in [4.69, 9.17) is 0 Å². The number of aromatic nitrogens is 1. The molecular weight excluding hydrogens is 368 g/mol. The third kappa shape index (κ3) is 2.78. The number of pyridine rings is 1. The molecule has 0 radical (unpaired) electrons. The molecule has 1 aromatic carbocycles. The first kappa shape index (κ1) is 18.9. The monoisotopic (exact) mass is 391 g/mol. The summed E-state index contributed by atoms with van der Waals surface area (Å²) in [5.74, 6) is -3.04. The first-order chi connectivity index (χ1) is 13.3. The predicted molar refractivity (Wildman–Crippen MR) is 102 cm³/mol. The molecule has 0 amide bonds. The molecule has 0 aliphatic carbocycles. The molecule has 2 saturated heterocycles. The van der Waals surface area contributed by atoms with Gasteiger partial charge in [-0.15, -0.1) is 0 Å². The van der Waals surface area contributed by atoms with Crippen molar-refractivity contribution in [3.05, 3.63) is 39.7 Å². The molecule has 2 aliphatic heterocycles. The maximum Gasteiger partial charge on any atom is 0.341 e. The minimum absolute atomic E-state index is 0.0448. The summed E-state index contributed by atoms with van der Waals surface area (Å²) in [7, 11) is 2.06. The first-order valence-corrected chi connectivity index (χ1v) is 9.58. The Kier molecular flexibility index (Phi) is 4.61. The lowest BCUT2D eigenvalue weighted by Gasteiger charge is -2.29. The van der Waals surface area contributed by atoms with Gasteiger partial charge in [0.25, 0.3) is 0 Å². The van der Waals surface area contributed by atoms with Crippen LogP contribution in [0.4, 0.5) is 14.5 Å². The molecule has 8 heteroatoms. The molecular formula is C20H23F2N3O3. The van der Waals surface area contributed by atoms with Crippen LogP contribution in [0.1, 0.15) is 36.5 Å². The molecule has 1 aromatic heterocycles. The number of fused-ring (bicyclic) bond motifs is 3. The van der Waals surface area contributed by atoms with Crippen molar-refractivity contribution in [1.29, 1.82) is 0 Å². The molecule has 6 nitrogen and oxygen atoms in total. The molecule has 2 fully saturated rings. The van der Waals surface area contributed by atoms with Crippen molar-refractivity contribution in [1.82, 2.24) is 9.47 Å². The Morgan fingerprint density at radius 3 is 2.64 bits per heavy atom. The number of hydrogen-bond donors (Lipinski definition) is 1. The number of anilines is 1. The molecule has 2 aliphatic rings. The number of hydrogen-bond acceptors (Lipinski definition) is 4. The van der Waals surface area contributed by atoms with E-state index in [1.54, 1.807) is 11.8 Å². The predicted octanol–water partition coefficient (Wildman–Crippen LogP) is 2.67. The summed E-state index contributed by atoms with van der Waals surface area (Å²) in [6.07, 6.45) is 4.06. The Morgan fingerprint density at radius 1 is 1.25 bits per heavy atom. The third-order valence-electron chi connectivity index (χ3n) is 6.27. The van der Waals surface area contributed by atoms with Crippen LogP contribution in [0.2, 0.25) is 0 Å². The van der Waals surface area contributed by atoms with Crippen molar-refractivity contribution < 1.29 is 18.7 Å². The maximum absolute atomic E-state index is 15.5. The molecule has 1 unspecified atom stereocenters. The number of nitrogens with zero attached hydrogens (tertiary/aromatic N) is 3. The third-order valence-corrected chi connectivity index (χ3v) is 6.27. The Balaban J connectivity index is 1.90. The van der Waals surface area contributed by atoms with E-state index in [0.717, 1.165) is 31.5 Å². The van der Waals surface area contributed by atoms with Crippen molar-refractivity contribution in [2.75, 3.05) is 25.0 Å². The second-order valence-electron chi connectivity index (χ2n) is 7.67. The molecule has 4 rings (SSSR count). The fourth-order valence-corrected chi connectivity index (χ4v) is 4.68. The zero-order valence-corrected chi connectivity index (χ0v) is 15.9. The molecule has 3 heterocycles. The van der Waals surface area contributed by atoms with E-state index in [2.05, 4.69) is 11.9 Å². The normalized spacial score (nSPS) is 22.6. The fourth-order valence-electron chi connectivity index (χ4n) is 4.68. The average Bonchev–Trinajstić information content (AvgIpc) is 2.89. The van der Waals surface area contributed by atoms with E-state index in [1.165, 1.54) is 4.57 Å². The van der Waals surface area contributed by atoms with Crippen LogP contribution >= 0.6 is 0 Å². The zero-order chi connectivity index (χ0) is 20.2. The number of carboxylic acid groups (broad SMARTS) is 1. The van der Waals surface area contributed by atoms with E-state index in [-0.39, 0.29) is 29.2 Å². The summed E-state index contributed by atoms with van der Waals surface area (Å²) in [5, 5.41) is 9.00. The van der Waals surface area contributed by atoms with Gasteiger partial charge in [-0.25, -0.2) is 13.6 Å². The summed E-state index contributed by atoms with van der Waals surface area (Å²) in [5.41, 5.74) is -1.53. The highest BCUT2D eigenvalue weighted by Crippen LogP contribution is 2.35. The highest BCUT2D eigenvalue weighted by atomic mass is 19.1. The molecule has 2 aromatic rings. The van der Waals surface area contributed by atoms with Crippen molar-refractivity contribution in [3.8, 4) is 0 Å². The van der Waals surface area contributed by atoms with Crippen LogP contribution in [0.5, 0.6) is 0 Å². The minimum Gasteiger partial charge on any atom is -0.477 e. The van der Waals surface area contributed by atoms with Crippen molar-refractivity contribution in [2.45, 2.75) is 44.8 Å². The number of aryl methyl sites for hydroxylation is 1. The molecule has 28 heavy (non-hydrogen) atoms. The van der Waals surface area contributed by atoms with Gasteiger partial charge in [-0.2, -0.15) is 0 Å². The van der Waals surface area contributed by atoms with Crippen molar-refractivity contribution in [3.63, 3.8) is 0 Å². The maximum atomic E-state index is 15.5. The molecule has 0 saturated carbocycles. The Morgan fingerprint density at radius 2 is 1.96 bits per heavy atom. The average molecular weight is 391 g/mol. The van der Waals surface area contributed by atoms with Crippen LogP contribution in [0, 0.1) is 11.6 Å². The van der Waals surface area contributed by atoms with Crippen LogP contribution < -0.4 is 10.3 Å². The Bertz CT molecular complexity index is 1020. The van der Waals surface area contributed by atoms with Gasteiger partial charge >= 0.3 is 5.97 Å². The molecule has 1 N–H and O–H groups in total. The van der Waals surface area contributed by atoms with Gasteiger partial charge < -0.3 is 14.6 Å². The number of likely N-dealkylation sites (N-methyl/N-ethyl adjacent to an activating group) is 1. The number of aromatic carboxylic acids is 1. The number of rotatable bonds is 3. The van der Waals surface area contributed by atoms with Gasteiger partial charge in [0.15, 0.2) is 5.82 Å². The van der Waals surface area contributed by atoms with Gasteiger partial charge in [0.05, 0.1) is 10.9 Å². The summed E-state index contributed by atoms with van der Waals surface area (Å²) >= 11 is 0. The van der Waals surface area contributed by atoms with E-state index in [0.29, 0.717) is 19.1 Å². The first-order valence-electron chi connectivity index (χ1n) is 9.58.